The lowest BCUT2D eigenvalue weighted by molar-refractivity contribution is 0.0724. The topological polar surface area (TPSA) is 62.3 Å². The second kappa shape index (κ2) is 8.36. The number of hydrogen-bond donors (Lipinski definition) is 1. The van der Waals surface area contributed by atoms with Crippen molar-refractivity contribution in [1.82, 2.24) is 9.88 Å². The van der Waals surface area contributed by atoms with Crippen molar-refractivity contribution in [3.8, 4) is 0 Å². The molecule has 0 atom stereocenters. The highest BCUT2D eigenvalue weighted by Crippen LogP contribution is 2.23. The quantitative estimate of drug-likeness (QED) is 0.828. The van der Waals surface area contributed by atoms with Crippen molar-refractivity contribution in [2.45, 2.75) is 31.2 Å². The van der Waals surface area contributed by atoms with Gasteiger partial charge in [0.05, 0.1) is 5.56 Å². The maximum absolute atomic E-state index is 12.7. The number of carbonyl (C=O) groups is 2. The summed E-state index contributed by atoms with van der Waals surface area (Å²) in [5.41, 5.74) is 2.73. The number of thioether (sulfide) groups is 1. The van der Waals surface area contributed by atoms with Gasteiger partial charge in [-0.3, -0.25) is 9.59 Å². The van der Waals surface area contributed by atoms with E-state index in [4.69, 9.17) is 0 Å². The van der Waals surface area contributed by atoms with Crippen molar-refractivity contribution in [3.05, 3.63) is 53.2 Å². The van der Waals surface area contributed by atoms with Gasteiger partial charge in [0, 0.05) is 30.5 Å². The third-order valence-corrected chi connectivity index (χ3v) is 5.30. The number of carbonyl (C=O) groups excluding carboxylic acids is 2. The van der Waals surface area contributed by atoms with Crippen LogP contribution in [0.3, 0.4) is 0 Å². The van der Waals surface area contributed by atoms with Crippen molar-refractivity contribution < 1.29 is 9.59 Å². The van der Waals surface area contributed by atoms with E-state index in [-0.39, 0.29) is 11.8 Å². The highest BCUT2D eigenvalue weighted by molar-refractivity contribution is 7.98. The van der Waals surface area contributed by atoms with Crippen molar-refractivity contribution in [3.63, 3.8) is 0 Å². The lowest BCUT2D eigenvalue weighted by atomic mass is 10.1. The van der Waals surface area contributed by atoms with Crippen LogP contribution in [0.15, 0.2) is 41.6 Å². The van der Waals surface area contributed by atoms with E-state index in [0.717, 1.165) is 31.5 Å². The number of benzene rings is 1. The van der Waals surface area contributed by atoms with Crippen LogP contribution < -0.4 is 5.32 Å². The Morgan fingerprint density at radius 2 is 1.92 bits per heavy atom. The van der Waals surface area contributed by atoms with E-state index in [1.54, 1.807) is 24.4 Å². The number of likely N-dealkylation sites (tertiary alicyclic amines) is 1. The maximum Gasteiger partial charge on any atom is 0.258 e. The molecule has 2 aromatic rings. The van der Waals surface area contributed by atoms with Gasteiger partial charge in [-0.15, -0.1) is 11.8 Å². The van der Waals surface area contributed by atoms with Crippen LogP contribution in [0, 0.1) is 6.92 Å². The number of rotatable bonds is 4. The summed E-state index contributed by atoms with van der Waals surface area (Å²) in [6.07, 6.45) is 6.86. The van der Waals surface area contributed by atoms with Gasteiger partial charge in [-0.2, -0.15) is 0 Å². The molecule has 0 saturated carbocycles. The minimum Gasteiger partial charge on any atom is -0.339 e. The zero-order chi connectivity index (χ0) is 18.5. The monoisotopic (exact) mass is 369 g/mol. The second-order valence-electron chi connectivity index (χ2n) is 6.40. The van der Waals surface area contributed by atoms with Crippen LogP contribution in [0.5, 0.6) is 0 Å². The van der Waals surface area contributed by atoms with Gasteiger partial charge in [0.25, 0.3) is 11.8 Å². The Kier molecular flexibility index (Phi) is 5.93. The first-order valence-electron chi connectivity index (χ1n) is 8.80. The predicted octanol–water partition coefficient (Wildman–Crippen LogP) is 3.99. The van der Waals surface area contributed by atoms with Crippen LogP contribution in [-0.2, 0) is 0 Å². The Morgan fingerprint density at radius 3 is 2.65 bits per heavy atom. The number of nitrogens with zero attached hydrogens (tertiary/aromatic N) is 2. The molecule has 0 radical (unpaired) electrons. The molecule has 1 aromatic heterocycles. The number of amides is 2. The minimum absolute atomic E-state index is 0.0337. The molecule has 1 N–H and O–H groups in total. The maximum atomic E-state index is 12.7. The van der Waals surface area contributed by atoms with Crippen LogP contribution >= 0.6 is 11.8 Å². The third-order valence-electron chi connectivity index (χ3n) is 4.59. The van der Waals surface area contributed by atoms with E-state index in [0.29, 0.717) is 21.8 Å². The third kappa shape index (κ3) is 4.07. The van der Waals surface area contributed by atoms with E-state index in [1.807, 2.05) is 30.2 Å². The number of nitrogens with one attached hydrogen (secondary N) is 1. The van der Waals surface area contributed by atoms with Crippen molar-refractivity contribution in [1.29, 1.82) is 0 Å². The first-order valence-corrected chi connectivity index (χ1v) is 10.0. The van der Waals surface area contributed by atoms with Gasteiger partial charge in [-0.1, -0.05) is 6.07 Å². The molecule has 0 aliphatic carbocycles. The molecule has 5 nitrogen and oxygen atoms in total. The molecular formula is C20H23N3O2S. The Balaban J connectivity index is 1.81. The van der Waals surface area contributed by atoms with Gasteiger partial charge < -0.3 is 10.2 Å². The number of aromatic nitrogens is 1. The standard InChI is InChI=1S/C20H23N3O2S/c1-14-8-9-15(20(25)23-11-4-3-5-12-23)13-17(14)22-18(24)16-7-6-10-21-19(16)26-2/h6-10,13H,3-5,11-12H2,1-2H3,(H,22,24). The smallest absolute Gasteiger partial charge is 0.258 e. The lowest BCUT2D eigenvalue weighted by Crippen LogP contribution is -2.35. The molecule has 1 saturated heterocycles. The Bertz CT molecular complexity index is 816. The van der Waals surface area contributed by atoms with Crippen molar-refractivity contribution >= 4 is 29.3 Å². The van der Waals surface area contributed by atoms with Gasteiger partial charge in [-0.25, -0.2) is 4.98 Å². The fourth-order valence-corrected chi connectivity index (χ4v) is 3.63. The fraction of sp³-hybridized carbons (Fsp3) is 0.350. The van der Waals surface area contributed by atoms with Crippen LogP contribution in [0.4, 0.5) is 5.69 Å². The van der Waals surface area contributed by atoms with Crippen LogP contribution in [0.25, 0.3) is 0 Å². The SMILES string of the molecule is CSc1ncccc1C(=O)Nc1cc(C(=O)N2CCCCC2)ccc1C. The van der Waals surface area contributed by atoms with Gasteiger partial charge in [0.2, 0.25) is 0 Å². The summed E-state index contributed by atoms with van der Waals surface area (Å²) in [4.78, 5) is 31.5. The Labute approximate surface area is 158 Å². The number of aryl methyl sites for hydroxylation is 1. The molecule has 0 bridgehead atoms. The molecule has 26 heavy (non-hydrogen) atoms. The zero-order valence-electron chi connectivity index (χ0n) is 15.1. The van der Waals surface area contributed by atoms with Crippen LogP contribution in [-0.4, -0.2) is 41.0 Å². The van der Waals surface area contributed by atoms with Gasteiger partial charge in [0.15, 0.2) is 0 Å². The summed E-state index contributed by atoms with van der Waals surface area (Å²) >= 11 is 1.43. The predicted molar refractivity (Wildman–Crippen MR) is 105 cm³/mol. The molecule has 0 unspecified atom stereocenters. The van der Waals surface area contributed by atoms with Gasteiger partial charge in [0.1, 0.15) is 5.03 Å². The van der Waals surface area contributed by atoms with Gasteiger partial charge >= 0.3 is 0 Å². The summed E-state index contributed by atoms with van der Waals surface area (Å²) in [7, 11) is 0. The number of pyridine rings is 1. The molecular weight excluding hydrogens is 346 g/mol. The normalized spacial score (nSPS) is 14.2. The molecule has 1 aromatic carbocycles. The number of hydrogen-bond acceptors (Lipinski definition) is 4. The molecule has 1 aliphatic rings. The fourth-order valence-electron chi connectivity index (χ4n) is 3.09. The summed E-state index contributed by atoms with van der Waals surface area (Å²) in [5, 5.41) is 3.62. The number of anilines is 1. The molecule has 1 fully saturated rings. The van der Waals surface area contributed by atoms with E-state index < -0.39 is 0 Å². The summed E-state index contributed by atoms with van der Waals surface area (Å²) in [6.45, 7) is 3.53. The van der Waals surface area contributed by atoms with Crippen molar-refractivity contribution in [2.75, 3.05) is 24.7 Å². The number of piperidine rings is 1. The minimum atomic E-state index is -0.215. The van der Waals surface area contributed by atoms with E-state index in [2.05, 4.69) is 10.3 Å². The molecule has 1 aliphatic heterocycles. The molecule has 2 heterocycles. The second-order valence-corrected chi connectivity index (χ2v) is 7.19. The average Bonchev–Trinajstić information content (AvgIpc) is 2.69. The molecule has 2 amide bonds. The highest BCUT2D eigenvalue weighted by Gasteiger charge is 2.19. The molecule has 6 heteroatoms. The van der Waals surface area contributed by atoms with E-state index in [1.165, 1.54) is 18.2 Å². The van der Waals surface area contributed by atoms with Crippen LogP contribution in [0.1, 0.15) is 45.5 Å². The molecule has 3 rings (SSSR count). The summed E-state index contributed by atoms with van der Waals surface area (Å²) in [6, 6.07) is 8.99. The first-order chi connectivity index (χ1) is 12.6. The Hall–Kier alpha value is -2.34. The lowest BCUT2D eigenvalue weighted by Gasteiger charge is -2.27. The Morgan fingerprint density at radius 1 is 1.15 bits per heavy atom. The van der Waals surface area contributed by atoms with Gasteiger partial charge in [-0.05, 0) is 62.3 Å². The molecule has 136 valence electrons. The summed E-state index contributed by atoms with van der Waals surface area (Å²) in [5.74, 6) is -0.181. The van der Waals surface area contributed by atoms with Crippen LogP contribution in [0.2, 0.25) is 0 Å². The molecule has 0 spiro atoms. The largest absolute Gasteiger partial charge is 0.339 e. The zero-order valence-corrected chi connectivity index (χ0v) is 15.9. The van der Waals surface area contributed by atoms with Crippen molar-refractivity contribution in [2.24, 2.45) is 0 Å². The average molecular weight is 369 g/mol. The highest BCUT2D eigenvalue weighted by atomic mass is 32.2. The van der Waals surface area contributed by atoms with E-state index in [9.17, 15) is 9.59 Å². The first kappa shape index (κ1) is 18.5. The van der Waals surface area contributed by atoms with E-state index >= 15 is 0 Å². The summed E-state index contributed by atoms with van der Waals surface area (Å²) < 4.78 is 0.